The maximum atomic E-state index is 12.0. The maximum Gasteiger partial charge on any atom is 0.274 e. The number of carbonyl (C=O) groups excluding carboxylic acids is 1. The number of nitrogens with one attached hydrogen (secondary N) is 1. The number of nitro benzene ring substituents is 1. The van der Waals surface area contributed by atoms with E-state index in [4.69, 9.17) is 4.74 Å². The highest BCUT2D eigenvalue weighted by Crippen LogP contribution is 2.22. The number of hydrogen-bond acceptors (Lipinski definition) is 5. The molecule has 1 unspecified atom stereocenters. The molecule has 120 valence electrons. The molecule has 0 radical (unpaired) electrons. The van der Waals surface area contributed by atoms with E-state index in [1.807, 2.05) is 11.9 Å². The monoisotopic (exact) mass is 307 g/mol. The number of likely N-dealkylation sites (N-methyl/N-ethyl adjacent to an activating group) is 1. The Morgan fingerprint density at radius 2 is 2.32 bits per heavy atom. The number of amides is 1. The topological polar surface area (TPSA) is 84.7 Å². The minimum atomic E-state index is -0.450. The Morgan fingerprint density at radius 1 is 1.55 bits per heavy atom. The van der Waals surface area contributed by atoms with E-state index < -0.39 is 4.92 Å². The van der Waals surface area contributed by atoms with Crippen LogP contribution in [0.3, 0.4) is 0 Å². The van der Waals surface area contributed by atoms with Crippen molar-refractivity contribution in [3.8, 4) is 0 Å². The molecule has 1 aromatic carbocycles. The lowest BCUT2D eigenvalue weighted by atomic mass is 10.2. The maximum absolute atomic E-state index is 12.0. The summed E-state index contributed by atoms with van der Waals surface area (Å²) in [6.45, 7) is 3.39. The van der Waals surface area contributed by atoms with Crippen LogP contribution in [0.25, 0.3) is 0 Å². The first-order valence-corrected chi connectivity index (χ1v) is 7.31. The molecule has 0 aliphatic carbocycles. The fourth-order valence-electron chi connectivity index (χ4n) is 2.53. The van der Waals surface area contributed by atoms with Gasteiger partial charge in [-0.2, -0.15) is 0 Å². The zero-order valence-electron chi connectivity index (χ0n) is 12.9. The second-order valence-electron chi connectivity index (χ2n) is 5.64. The van der Waals surface area contributed by atoms with Gasteiger partial charge in [0.25, 0.3) is 5.69 Å². The summed E-state index contributed by atoms with van der Waals surface area (Å²) < 4.78 is 5.53. The van der Waals surface area contributed by atoms with Crippen molar-refractivity contribution in [2.24, 2.45) is 0 Å². The molecule has 2 rings (SSSR count). The molecule has 0 aromatic heterocycles. The summed E-state index contributed by atoms with van der Waals surface area (Å²) in [4.78, 5) is 24.3. The average molecular weight is 307 g/mol. The summed E-state index contributed by atoms with van der Waals surface area (Å²) in [6.07, 6.45) is 2.28. The Kier molecular flexibility index (Phi) is 5.46. The first-order valence-electron chi connectivity index (χ1n) is 7.31. The third-order valence-electron chi connectivity index (χ3n) is 3.64. The van der Waals surface area contributed by atoms with Crippen LogP contribution in [0.1, 0.15) is 18.4 Å². The zero-order chi connectivity index (χ0) is 16.1. The Balaban J connectivity index is 1.88. The number of hydrogen-bond donors (Lipinski definition) is 1. The molecule has 1 amide bonds. The van der Waals surface area contributed by atoms with Gasteiger partial charge in [-0.05, 0) is 32.9 Å². The minimum absolute atomic E-state index is 0.00510. The van der Waals surface area contributed by atoms with Crippen LogP contribution in [-0.2, 0) is 9.53 Å². The predicted molar refractivity (Wildman–Crippen MR) is 82.9 cm³/mol. The molecular weight excluding hydrogens is 286 g/mol. The van der Waals surface area contributed by atoms with Crippen molar-refractivity contribution in [1.82, 2.24) is 4.90 Å². The largest absolute Gasteiger partial charge is 0.377 e. The molecule has 1 heterocycles. The number of nitrogens with zero attached hydrogens (tertiary/aromatic N) is 2. The number of nitro groups is 1. The first kappa shape index (κ1) is 16.4. The normalized spacial score (nSPS) is 17.7. The number of benzene rings is 1. The fraction of sp³-hybridized carbons (Fsp3) is 0.533. The molecule has 0 bridgehead atoms. The highest BCUT2D eigenvalue weighted by molar-refractivity contribution is 5.92. The van der Waals surface area contributed by atoms with E-state index in [1.165, 1.54) is 6.07 Å². The highest BCUT2D eigenvalue weighted by atomic mass is 16.6. The molecule has 7 heteroatoms. The van der Waals surface area contributed by atoms with Crippen LogP contribution in [-0.4, -0.2) is 48.6 Å². The van der Waals surface area contributed by atoms with E-state index >= 15 is 0 Å². The molecule has 0 saturated carbocycles. The van der Waals surface area contributed by atoms with Crippen LogP contribution < -0.4 is 5.32 Å². The molecule has 1 aliphatic heterocycles. The molecule has 1 aliphatic rings. The van der Waals surface area contributed by atoms with Crippen LogP contribution in [0.4, 0.5) is 11.4 Å². The number of carbonyl (C=O) groups is 1. The van der Waals surface area contributed by atoms with Crippen LogP contribution in [0, 0.1) is 17.0 Å². The molecule has 1 aromatic rings. The Morgan fingerprint density at radius 3 is 2.95 bits per heavy atom. The van der Waals surface area contributed by atoms with E-state index in [-0.39, 0.29) is 24.2 Å². The first-order chi connectivity index (χ1) is 10.5. The number of aryl methyl sites for hydroxylation is 1. The van der Waals surface area contributed by atoms with Gasteiger partial charge in [0, 0.05) is 30.5 Å². The number of anilines is 1. The highest BCUT2D eigenvalue weighted by Gasteiger charge is 2.19. The summed E-state index contributed by atoms with van der Waals surface area (Å²) in [6, 6.07) is 4.68. The van der Waals surface area contributed by atoms with Crippen LogP contribution >= 0.6 is 0 Å². The van der Waals surface area contributed by atoms with Crippen molar-refractivity contribution < 1.29 is 14.5 Å². The van der Waals surface area contributed by atoms with E-state index in [0.717, 1.165) is 19.4 Å². The van der Waals surface area contributed by atoms with Gasteiger partial charge in [-0.1, -0.05) is 6.07 Å². The lowest BCUT2D eigenvalue weighted by Gasteiger charge is -2.19. The van der Waals surface area contributed by atoms with Crippen molar-refractivity contribution in [2.75, 3.05) is 32.1 Å². The minimum Gasteiger partial charge on any atom is -0.377 e. The van der Waals surface area contributed by atoms with E-state index in [2.05, 4.69) is 5.32 Å². The quantitative estimate of drug-likeness (QED) is 0.641. The van der Waals surface area contributed by atoms with Gasteiger partial charge in [0.15, 0.2) is 0 Å². The number of ether oxygens (including phenoxy) is 1. The number of rotatable bonds is 6. The Labute approximate surface area is 129 Å². The van der Waals surface area contributed by atoms with Crippen molar-refractivity contribution in [3.05, 3.63) is 33.9 Å². The third kappa shape index (κ3) is 4.51. The SMILES string of the molecule is Cc1ccc(NC(=O)CN(C)CC2CCCO2)cc1[N+](=O)[O-]. The van der Waals surface area contributed by atoms with Gasteiger partial charge < -0.3 is 10.1 Å². The van der Waals surface area contributed by atoms with Gasteiger partial charge in [0.1, 0.15) is 0 Å². The van der Waals surface area contributed by atoms with E-state index in [1.54, 1.807) is 19.1 Å². The van der Waals surface area contributed by atoms with E-state index in [0.29, 0.717) is 17.8 Å². The molecular formula is C15H21N3O4. The lowest BCUT2D eigenvalue weighted by molar-refractivity contribution is -0.385. The zero-order valence-corrected chi connectivity index (χ0v) is 12.9. The molecule has 1 saturated heterocycles. The Bertz CT molecular complexity index is 556. The average Bonchev–Trinajstić information content (AvgIpc) is 2.93. The summed E-state index contributed by atoms with van der Waals surface area (Å²) in [5.74, 6) is -0.196. The predicted octanol–water partition coefficient (Wildman–Crippen LogP) is 1.95. The van der Waals surface area contributed by atoms with Crippen LogP contribution in [0.2, 0.25) is 0 Å². The summed E-state index contributed by atoms with van der Waals surface area (Å²) in [5, 5.41) is 13.6. The second-order valence-corrected chi connectivity index (χ2v) is 5.64. The molecule has 22 heavy (non-hydrogen) atoms. The van der Waals surface area contributed by atoms with E-state index in [9.17, 15) is 14.9 Å². The van der Waals surface area contributed by atoms with Gasteiger partial charge in [-0.15, -0.1) is 0 Å². The summed E-state index contributed by atoms with van der Waals surface area (Å²) in [7, 11) is 1.86. The van der Waals surface area contributed by atoms with Crippen molar-refractivity contribution in [2.45, 2.75) is 25.9 Å². The van der Waals surface area contributed by atoms with Gasteiger partial charge in [0.05, 0.1) is 17.6 Å². The molecule has 1 fully saturated rings. The standard InChI is InChI=1S/C15H21N3O4/c1-11-5-6-12(8-14(11)18(20)21)16-15(19)10-17(2)9-13-4-3-7-22-13/h5-6,8,13H,3-4,7,9-10H2,1-2H3,(H,16,19). The lowest BCUT2D eigenvalue weighted by Crippen LogP contribution is -2.35. The smallest absolute Gasteiger partial charge is 0.274 e. The Hall–Kier alpha value is -1.99. The van der Waals surface area contributed by atoms with Crippen LogP contribution in [0.15, 0.2) is 18.2 Å². The van der Waals surface area contributed by atoms with Gasteiger partial charge in [-0.3, -0.25) is 19.8 Å². The van der Waals surface area contributed by atoms with Gasteiger partial charge in [0.2, 0.25) is 5.91 Å². The molecule has 7 nitrogen and oxygen atoms in total. The second kappa shape index (κ2) is 7.33. The van der Waals surface area contributed by atoms with Crippen molar-refractivity contribution >= 4 is 17.3 Å². The molecule has 1 atom stereocenters. The van der Waals surface area contributed by atoms with Gasteiger partial charge in [-0.25, -0.2) is 0 Å². The van der Waals surface area contributed by atoms with Crippen molar-refractivity contribution in [1.29, 1.82) is 0 Å². The van der Waals surface area contributed by atoms with Gasteiger partial charge >= 0.3 is 0 Å². The van der Waals surface area contributed by atoms with Crippen LogP contribution in [0.5, 0.6) is 0 Å². The summed E-state index contributed by atoms with van der Waals surface area (Å²) >= 11 is 0. The fourth-order valence-corrected chi connectivity index (χ4v) is 2.53. The third-order valence-corrected chi connectivity index (χ3v) is 3.64. The molecule has 1 N–H and O–H groups in total. The molecule has 0 spiro atoms. The van der Waals surface area contributed by atoms with Crippen molar-refractivity contribution in [3.63, 3.8) is 0 Å². The summed E-state index contributed by atoms with van der Waals surface area (Å²) in [5.41, 5.74) is 1.01.